The van der Waals surface area contributed by atoms with Gasteiger partial charge in [0.1, 0.15) is 6.07 Å². The van der Waals surface area contributed by atoms with Crippen molar-refractivity contribution in [3.63, 3.8) is 0 Å². The van der Waals surface area contributed by atoms with Crippen molar-refractivity contribution in [1.82, 2.24) is 0 Å². The van der Waals surface area contributed by atoms with Crippen LogP contribution in [0, 0.1) is 11.3 Å². The lowest BCUT2D eigenvalue weighted by molar-refractivity contribution is 0.123. The van der Waals surface area contributed by atoms with Crippen LogP contribution in [0.4, 0.5) is 0 Å². The van der Waals surface area contributed by atoms with Gasteiger partial charge in [-0.1, -0.05) is 68.7 Å². The number of hydrogen-bond acceptors (Lipinski definition) is 2. The van der Waals surface area contributed by atoms with E-state index in [0.29, 0.717) is 6.42 Å². The summed E-state index contributed by atoms with van der Waals surface area (Å²) in [6, 6.07) is 12.5. The smallest absolute Gasteiger partial charge is 0.215 e. The lowest BCUT2D eigenvalue weighted by Crippen LogP contribution is -2.27. The van der Waals surface area contributed by atoms with E-state index in [4.69, 9.17) is 4.74 Å². The van der Waals surface area contributed by atoms with Crippen molar-refractivity contribution >= 4 is 5.57 Å². The molecule has 1 aromatic rings. The SMILES string of the molecule is CCCCCCC=COC1(C#N)C=CC(c2ccccc2)=CC1. The van der Waals surface area contributed by atoms with Gasteiger partial charge in [0.15, 0.2) is 0 Å². The van der Waals surface area contributed by atoms with Gasteiger partial charge in [0.2, 0.25) is 5.60 Å². The first-order valence-electron chi connectivity index (χ1n) is 8.48. The van der Waals surface area contributed by atoms with E-state index >= 15 is 0 Å². The summed E-state index contributed by atoms with van der Waals surface area (Å²) in [5.74, 6) is 0. The molecule has 0 amide bonds. The van der Waals surface area contributed by atoms with Gasteiger partial charge in [-0.05, 0) is 36.1 Å². The lowest BCUT2D eigenvalue weighted by atomic mass is 9.90. The molecule has 1 aliphatic carbocycles. The van der Waals surface area contributed by atoms with Gasteiger partial charge >= 0.3 is 0 Å². The summed E-state index contributed by atoms with van der Waals surface area (Å²) in [5.41, 5.74) is 1.45. The molecule has 0 saturated carbocycles. The minimum Gasteiger partial charge on any atom is -0.476 e. The molecule has 0 spiro atoms. The minimum absolute atomic E-state index is 0.574. The molecular formula is C21H25NO. The molecule has 2 rings (SSSR count). The molecule has 2 nitrogen and oxygen atoms in total. The van der Waals surface area contributed by atoms with Crippen LogP contribution in [0.2, 0.25) is 0 Å². The highest BCUT2D eigenvalue weighted by atomic mass is 16.5. The van der Waals surface area contributed by atoms with Crippen molar-refractivity contribution in [3.8, 4) is 6.07 Å². The first-order chi connectivity index (χ1) is 11.3. The third-order valence-corrected chi connectivity index (χ3v) is 4.05. The Morgan fingerprint density at radius 1 is 1.22 bits per heavy atom. The second-order valence-electron chi connectivity index (χ2n) is 5.90. The van der Waals surface area contributed by atoms with Gasteiger partial charge in [0.05, 0.1) is 6.26 Å². The number of hydrogen-bond donors (Lipinski definition) is 0. The highest BCUT2D eigenvalue weighted by Gasteiger charge is 2.29. The van der Waals surface area contributed by atoms with E-state index in [1.807, 2.05) is 36.4 Å². The van der Waals surface area contributed by atoms with E-state index in [9.17, 15) is 5.26 Å². The van der Waals surface area contributed by atoms with Crippen LogP contribution in [0.3, 0.4) is 0 Å². The van der Waals surface area contributed by atoms with Crippen molar-refractivity contribution in [1.29, 1.82) is 5.26 Å². The molecule has 23 heavy (non-hydrogen) atoms. The summed E-state index contributed by atoms with van der Waals surface area (Å²) in [4.78, 5) is 0. The summed E-state index contributed by atoms with van der Waals surface area (Å²) in [6.07, 6.45) is 16.2. The quantitative estimate of drug-likeness (QED) is 0.449. The maximum atomic E-state index is 9.48. The van der Waals surface area contributed by atoms with E-state index < -0.39 is 5.60 Å². The number of unbranched alkanes of at least 4 members (excludes halogenated alkanes) is 4. The van der Waals surface area contributed by atoms with Gasteiger partial charge in [-0.25, -0.2) is 0 Å². The largest absolute Gasteiger partial charge is 0.476 e. The van der Waals surface area contributed by atoms with E-state index in [1.165, 1.54) is 31.2 Å². The molecule has 0 fully saturated rings. The van der Waals surface area contributed by atoms with Crippen LogP contribution in [-0.4, -0.2) is 5.60 Å². The molecule has 2 heteroatoms. The van der Waals surface area contributed by atoms with E-state index in [-0.39, 0.29) is 0 Å². The Hall–Kier alpha value is -2.27. The van der Waals surface area contributed by atoms with E-state index in [2.05, 4.69) is 31.2 Å². The van der Waals surface area contributed by atoms with E-state index in [0.717, 1.165) is 12.0 Å². The van der Waals surface area contributed by atoms with Gasteiger partial charge in [0, 0.05) is 6.42 Å². The average molecular weight is 307 g/mol. The van der Waals surface area contributed by atoms with Crippen LogP contribution >= 0.6 is 0 Å². The molecule has 1 aliphatic rings. The Morgan fingerprint density at radius 2 is 2.04 bits per heavy atom. The topological polar surface area (TPSA) is 33.0 Å². The van der Waals surface area contributed by atoms with Crippen molar-refractivity contribution in [2.75, 3.05) is 0 Å². The van der Waals surface area contributed by atoms with Crippen LogP contribution < -0.4 is 0 Å². The van der Waals surface area contributed by atoms with Crippen LogP contribution in [0.5, 0.6) is 0 Å². The molecule has 120 valence electrons. The Bertz CT molecular complexity index is 606. The number of rotatable bonds is 8. The van der Waals surface area contributed by atoms with Gasteiger partial charge in [0.25, 0.3) is 0 Å². The molecule has 1 aromatic carbocycles. The van der Waals surface area contributed by atoms with Crippen LogP contribution in [0.25, 0.3) is 5.57 Å². The highest BCUT2D eigenvalue weighted by molar-refractivity contribution is 5.75. The van der Waals surface area contributed by atoms with Crippen molar-refractivity contribution in [2.45, 2.75) is 51.0 Å². The zero-order chi connectivity index (χ0) is 16.4. The predicted octanol–water partition coefficient (Wildman–Crippen LogP) is 5.79. The van der Waals surface area contributed by atoms with Crippen LogP contribution in [0.1, 0.15) is 51.0 Å². The fourth-order valence-electron chi connectivity index (χ4n) is 2.59. The van der Waals surface area contributed by atoms with Crippen molar-refractivity contribution < 1.29 is 4.74 Å². The van der Waals surface area contributed by atoms with Crippen LogP contribution in [0.15, 0.2) is 60.9 Å². The monoisotopic (exact) mass is 307 g/mol. The fourth-order valence-corrected chi connectivity index (χ4v) is 2.59. The van der Waals surface area contributed by atoms with E-state index in [1.54, 1.807) is 6.26 Å². The Labute approximate surface area is 139 Å². The molecule has 0 heterocycles. The van der Waals surface area contributed by atoms with Gasteiger partial charge in [-0.3, -0.25) is 0 Å². The van der Waals surface area contributed by atoms with Gasteiger partial charge in [-0.2, -0.15) is 5.26 Å². The number of ether oxygens (including phenoxy) is 1. The highest BCUT2D eigenvalue weighted by Crippen LogP contribution is 2.29. The Balaban J connectivity index is 1.87. The number of benzene rings is 1. The zero-order valence-electron chi connectivity index (χ0n) is 13.9. The Morgan fingerprint density at radius 3 is 2.70 bits per heavy atom. The maximum Gasteiger partial charge on any atom is 0.215 e. The Kier molecular flexibility index (Phi) is 6.69. The molecule has 0 aliphatic heterocycles. The number of allylic oxidation sites excluding steroid dienone is 3. The van der Waals surface area contributed by atoms with Gasteiger partial charge < -0.3 is 4.74 Å². The molecule has 0 N–H and O–H groups in total. The third kappa shape index (κ3) is 5.14. The molecule has 1 atom stereocenters. The second-order valence-corrected chi connectivity index (χ2v) is 5.90. The lowest BCUT2D eigenvalue weighted by Gasteiger charge is -2.24. The average Bonchev–Trinajstić information content (AvgIpc) is 2.62. The molecule has 0 bridgehead atoms. The maximum absolute atomic E-state index is 9.48. The third-order valence-electron chi connectivity index (χ3n) is 4.05. The summed E-state index contributed by atoms with van der Waals surface area (Å²) >= 11 is 0. The summed E-state index contributed by atoms with van der Waals surface area (Å²) in [7, 11) is 0. The zero-order valence-corrected chi connectivity index (χ0v) is 13.9. The van der Waals surface area contributed by atoms with Crippen molar-refractivity contribution in [2.24, 2.45) is 0 Å². The van der Waals surface area contributed by atoms with Crippen LogP contribution in [-0.2, 0) is 4.74 Å². The minimum atomic E-state index is -0.863. The molecule has 0 radical (unpaired) electrons. The summed E-state index contributed by atoms with van der Waals surface area (Å²) in [5, 5.41) is 9.48. The fraction of sp³-hybridized carbons (Fsp3) is 0.381. The van der Waals surface area contributed by atoms with Crippen molar-refractivity contribution in [3.05, 3.63) is 66.5 Å². The van der Waals surface area contributed by atoms with Gasteiger partial charge in [-0.15, -0.1) is 0 Å². The molecule has 0 aromatic heterocycles. The number of nitriles is 1. The second kappa shape index (κ2) is 9.00. The molecule has 0 saturated heterocycles. The first kappa shape index (κ1) is 17.1. The predicted molar refractivity (Wildman–Crippen MR) is 95.5 cm³/mol. The summed E-state index contributed by atoms with van der Waals surface area (Å²) in [6.45, 7) is 2.21. The summed E-state index contributed by atoms with van der Waals surface area (Å²) < 4.78 is 5.74. The standard InChI is InChI=1S/C21H25NO/c1-2-3-4-5-6-10-17-23-21(18-22)15-13-20(14-16-21)19-11-8-7-9-12-19/h7-15,17H,2-6,16H2,1H3. The number of nitrogens with zero attached hydrogens (tertiary/aromatic N) is 1. The molecule has 1 unspecified atom stereocenters. The normalized spacial score (nSPS) is 20.3. The first-order valence-corrected chi connectivity index (χ1v) is 8.48. The molecular weight excluding hydrogens is 282 g/mol.